The zero-order valence-corrected chi connectivity index (χ0v) is 16.5. The number of hydrogen-bond acceptors (Lipinski definition) is 5. The van der Waals surface area contributed by atoms with E-state index in [0.29, 0.717) is 11.1 Å². The largest absolute Gasteiger partial charge is 0.352 e. The van der Waals surface area contributed by atoms with Gasteiger partial charge in [-0.15, -0.1) is 0 Å². The number of benzene rings is 2. The molecule has 9 heteroatoms. The van der Waals surface area contributed by atoms with Crippen LogP contribution in [0.5, 0.6) is 0 Å². The molecule has 0 aliphatic carbocycles. The number of carbonyl (C=O) groups excluding carboxylic acids is 1. The van der Waals surface area contributed by atoms with Crippen molar-refractivity contribution in [2.24, 2.45) is 0 Å². The quantitative estimate of drug-likeness (QED) is 0.646. The molecule has 0 fully saturated rings. The molecule has 2 aromatic rings. The number of carbonyl (C=O) groups is 1. The third-order valence-electron chi connectivity index (χ3n) is 3.95. The van der Waals surface area contributed by atoms with Crippen LogP contribution in [-0.2, 0) is 37.0 Å². The van der Waals surface area contributed by atoms with Gasteiger partial charge in [0, 0.05) is 13.0 Å². The average Bonchev–Trinajstić information content (AvgIpc) is 2.66. The number of amides is 1. The zero-order valence-electron chi connectivity index (χ0n) is 14.9. The van der Waals surface area contributed by atoms with Crippen LogP contribution in [0.3, 0.4) is 0 Å². The summed E-state index contributed by atoms with van der Waals surface area (Å²) in [7, 11) is -5.62. The van der Waals surface area contributed by atoms with Crippen molar-refractivity contribution in [2.75, 3.05) is 12.8 Å². The van der Waals surface area contributed by atoms with Crippen molar-refractivity contribution in [3.05, 3.63) is 65.7 Å². The van der Waals surface area contributed by atoms with E-state index in [0.717, 1.165) is 0 Å². The Morgan fingerprint density at radius 1 is 0.889 bits per heavy atom. The van der Waals surface area contributed by atoms with Crippen molar-refractivity contribution >= 4 is 25.8 Å². The summed E-state index contributed by atoms with van der Waals surface area (Å²) in [5.74, 6) is -0.905. The van der Waals surface area contributed by atoms with E-state index >= 15 is 0 Å². The fraction of sp³-hybridized carbons (Fsp3) is 0.278. The Hall–Kier alpha value is -2.23. The number of rotatable bonds is 9. The standard InChI is InChI=1S/C18H22N2O5S2/c1-19-27(24,25)14-16-8-6-5-7-15(16)13-20-18(21)11-12-26(22,23)17-9-3-2-4-10-17/h2-10,19H,11-14H2,1H3,(H,20,21). The molecule has 0 radical (unpaired) electrons. The van der Waals surface area contributed by atoms with Gasteiger partial charge in [0.25, 0.3) is 0 Å². The van der Waals surface area contributed by atoms with Gasteiger partial charge in [0.05, 0.1) is 16.4 Å². The Morgan fingerprint density at radius 3 is 2.11 bits per heavy atom. The molecule has 2 N–H and O–H groups in total. The van der Waals surface area contributed by atoms with E-state index in [1.807, 2.05) is 0 Å². The summed E-state index contributed by atoms with van der Waals surface area (Å²) < 4.78 is 50.1. The van der Waals surface area contributed by atoms with Gasteiger partial charge in [-0.25, -0.2) is 21.6 Å². The fourth-order valence-corrected chi connectivity index (χ4v) is 4.50. The first-order valence-corrected chi connectivity index (χ1v) is 11.6. The van der Waals surface area contributed by atoms with Crippen LogP contribution in [0.15, 0.2) is 59.5 Å². The predicted octanol–water partition coefficient (Wildman–Crippen LogP) is 1.22. The van der Waals surface area contributed by atoms with Gasteiger partial charge in [-0.1, -0.05) is 42.5 Å². The van der Waals surface area contributed by atoms with Crippen molar-refractivity contribution in [1.29, 1.82) is 0 Å². The highest BCUT2D eigenvalue weighted by molar-refractivity contribution is 7.91. The molecule has 0 bridgehead atoms. The average molecular weight is 411 g/mol. The zero-order chi connectivity index (χ0) is 19.9. The highest BCUT2D eigenvalue weighted by Gasteiger charge is 2.17. The first kappa shape index (κ1) is 21.1. The Labute approximate surface area is 159 Å². The van der Waals surface area contributed by atoms with Crippen LogP contribution in [0, 0.1) is 0 Å². The van der Waals surface area contributed by atoms with Crippen molar-refractivity contribution in [2.45, 2.75) is 23.6 Å². The summed E-state index contributed by atoms with van der Waals surface area (Å²) in [6.45, 7) is 0.125. The van der Waals surface area contributed by atoms with E-state index in [2.05, 4.69) is 10.0 Å². The summed E-state index contributed by atoms with van der Waals surface area (Å²) in [6.07, 6.45) is -0.172. The first-order chi connectivity index (χ1) is 12.7. The van der Waals surface area contributed by atoms with Crippen molar-refractivity contribution in [3.63, 3.8) is 0 Å². The van der Waals surface area contributed by atoms with Crippen LogP contribution >= 0.6 is 0 Å². The molecule has 27 heavy (non-hydrogen) atoms. The lowest BCUT2D eigenvalue weighted by Crippen LogP contribution is -2.26. The smallest absolute Gasteiger partial charge is 0.221 e. The molecule has 0 aliphatic heterocycles. The van der Waals surface area contributed by atoms with Crippen molar-refractivity contribution in [3.8, 4) is 0 Å². The normalized spacial score (nSPS) is 11.9. The van der Waals surface area contributed by atoms with Gasteiger partial charge < -0.3 is 5.32 Å². The summed E-state index contributed by atoms with van der Waals surface area (Å²) in [6, 6.07) is 14.8. The molecule has 146 valence electrons. The second-order valence-corrected chi connectivity index (χ2v) is 9.93. The lowest BCUT2D eigenvalue weighted by molar-refractivity contribution is -0.120. The Kier molecular flexibility index (Phi) is 7.11. The molecule has 7 nitrogen and oxygen atoms in total. The van der Waals surface area contributed by atoms with Crippen molar-refractivity contribution < 1.29 is 21.6 Å². The predicted molar refractivity (Wildman–Crippen MR) is 103 cm³/mol. The van der Waals surface area contributed by atoms with Gasteiger partial charge in [0.1, 0.15) is 0 Å². The van der Waals surface area contributed by atoms with E-state index in [1.165, 1.54) is 19.2 Å². The van der Waals surface area contributed by atoms with Crippen LogP contribution in [-0.4, -0.2) is 35.5 Å². The second kappa shape index (κ2) is 9.12. The minimum Gasteiger partial charge on any atom is -0.352 e. The molecular weight excluding hydrogens is 388 g/mol. The highest BCUT2D eigenvalue weighted by Crippen LogP contribution is 2.13. The molecule has 2 rings (SSSR count). The molecule has 0 aliphatic rings. The fourth-order valence-electron chi connectivity index (χ4n) is 2.40. The molecule has 0 aromatic heterocycles. The molecule has 0 atom stereocenters. The van der Waals surface area contributed by atoms with E-state index in [-0.39, 0.29) is 29.4 Å². The minimum atomic E-state index is -3.52. The molecule has 0 heterocycles. The van der Waals surface area contributed by atoms with Gasteiger partial charge in [-0.3, -0.25) is 4.79 Å². The van der Waals surface area contributed by atoms with Gasteiger partial charge in [0.2, 0.25) is 15.9 Å². The maximum atomic E-state index is 12.2. The molecule has 0 unspecified atom stereocenters. The minimum absolute atomic E-state index is 0.125. The number of nitrogens with one attached hydrogen (secondary N) is 2. The summed E-state index contributed by atoms with van der Waals surface area (Å²) in [4.78, 5) is 12.2. The number of sulfone groups is 1. The third-order valence-corrected chi connectivity index (χ3v) is 7.00. The lowest BCUT2D eigenvalue weighted by atomic mass is 10.1. The Bertz CT molecular complexity index is 987. The van der Waals surface area contributed by atoms with Crippen LogP contribution in [0.4, 0.5) is 0 Å². The Balaban J connectivity index is 1.95. The van der Waals surface area contributed by atoms with E-state index in [4.69, 9.17) is 0 Å². The Morgan fingerprint density at radius 2 is 1.48 bits per heavy atom. The van der Waals surface area contributed by atoms with Gasteiger partial charge >= 0.3 is 0 Å². The van der Waals surface area contributed by atoms with E-state index in [1.54, 1.807) is 42.5 Å². The van der Waals surface area contributed by atoms with Gasteiger partial charge in [-0.2, -0.15) is 0 Å². The summed E-state index contributed by atoms with van der Waals surface area (Å²) in [5, 5.41) is 2.65. The van der Waals surface area contributed by atoms with Gasteiger partial charge in [-0.05, 0) is 30.3 Å². The maximum Gasteiger partial charge on any atom is 0.221 e. The maximum absolute atomic E-state index is 12.2. The molecular formula is C18H22N2O5S2. The van der Waals surface area contributed by atoms with Crippen molar-refractivity contribution in [1.82, 2.24) is 10.0 Å². The van der Waals surface area contributed by atoms with Crippen LogP contribution in [0.1, 0.15) is 17.5 Å². The topological polar surface area (TPSA) is 109 Å². The molecule has 0 spiro atoms. The summed E-state index contributed by atoms with van der Waals surface area (Å²) >= 11 is 0. The number of sulfonamides is 1. The molecule has 1 amide bonds. The lowest BCUT2D eigenvalue weighted by Gasteiger charge is -2.11. The van der Waals surface area contributed by atoms with Gasteiger partial charge in [0.15, 0.2) is 9.84 Å². The third kappa shape index (κ3) is 6.46. The van der Waals surface area contributed by atoms with Crippen LogP contribution in [0.2, 0.25) is 0 Å². The first-order valence-electron chi connectivity index (χ1n) is 8.26. The highest BCUT2D eigenvalue weighted by atomic mass is 32.2. The van der Waals surface area contributed by atoms with Crippen LogP contribution < -0.4 is 10.0 Å². The van der Waals surface area contributed by atoms with E-state index in [9.17, 15) is 21.6 Å². The second-order valence-electron chi connectivity index (χ2n) is 5.89. The molecule has 0 saturated heterocycles. The monoisotopic (exact) mass is 410 g/mol. The summed E-state index contributed by atoms with van der Waals surface area (Å²) in [5.41, 5.74) is 1.24. The molecule has 0 saturated carbocycles. The van der Waals surface area contributed by atoms with Crippen LogP contribution in [0.25, 0.3) is 0 Å². The number of hydrogen-bond donors (Lipinski definition) is 2. The molecule has 2 aromatic carbocycles. The SMILES string of the molecule is CNS(=O)(=O)Cc1ccccc1CNC(=O)CCS(=O)(=O)c1ccccc1. The van der Waals surface area contributed by atoms with E-state index < -0.39 is 25.8 Å².